The zero-order valence-corrected chi connectivity index (χ0v) is 15.0. The highest BCUT2D eigenvalue weighted by atomic mass is 19.4. The van der Waals surface area contributed by atoms with E-state index in [0.717, 1.165) is 36.3 Å². The van der Waals surface area contributed by atoms with Crippen LogP contribution in [0.15, 0.2) is 24.8 Å². The Morgan fingerprint density at radius 1 is 1.04 bits per heavy atom. The summed E-state index contributed by atoms with van der Waals surface area (Å²) in [5.41, 5.74) is 1.64. The normalized spacial score (nSPS) is 26.2. The van der Waals surface area contributed by atoms with E-state index in [1.165, 1.54) is 44.2 Å². The number of hydrogen-bond donors (Lipinski definition) is 0. The van der Waals surface area contributed by atoms with E-state index in [4.69, 9.17) is 0 Å². The van der Waals surface area contributed by atoms with Gasteiger partial charge in [-0.2, -0.15) is 0 Å². The van der Waals surface area contributed by atoms with Crippen LogP contribution in [0.2, 0.25) is 0 Å². The summed E-state index contributed by atoms with van der Waals surface area (Å²) >= 11 is 0. The SMILES string of the molecule is C=CCCC1CCC(C2CCc3cc(OC(F)(F)F)c(F)cc3C2)CC1. The molecular formula is C21H26F4O. The number of alkyl halides is 3. The number of fused-ring (bicyclic) bond motifs is 1. The van der Waals surface area contributed by atoms with Gasteiger partial charge < -0.3 is 4.74 Å². The van der Waals surface area contributed by atoms with Crippen molar-refractivity contribution in [1.82, 2.24) is 0 Å². The first-order valence-electron chi connectivity index (χ1n) is 9.53. The van der Waals surface area contributed by atoms with E-state index in [1.807, 2.05) is 6.08 Å². The Hall–Kier alpha value is -1.52. The summed E-state index contributed by atoms with van der Waals surface area (Å²) in [6.45, 7) is 3.79. The Morgan fingerprint density at radius 2 is 1.77 bits per heavy atom. The van der Waals surface area contributed by atoms with E-state index in [2.05, 4.69) is 11.3 Å². The summed E-state index contributed by atoms with van der Waals surface area (Å²) in [5, 5.41) is 0. The van der Waals surface area contributed by atoms with Gasteiger partial charge in [0.15, 0.2) is 11.6 Å². The van der Waals surface area contributed by atoms with E-state index in [9.17, 15) is 17.6 Å². The smallest absolute Gasteiger partial charge is 0.403 e. The maximum absolute atomic E-state index is 14.0. The maximum atomic E-state index is 14.0. The summed E-state index contributed by atoms with van der Waals surface area (Å²) in [7, 11) is 0. The fourth-order valence-electron chi connectivity index (χ4n) is 4.69. The predicted octanol–water partition coefficient (Wildman–Crippen LogP) is 6.60. The molecule has 0 spiro atoms. The van der Waals surface area contributed by atoms with E-state index in [-0.39, 0.29) is 0 Å². The molecule has 0 aliphatic heterocycles. The maximum Gasteiger partial charge on any atom is 0.573 e. The molecule has 144 valence electrons. The molecule has 26 heavy (non-hydrogen) atoms. The van der Waals surface area contributed by atoms with Crippen LogP contribution in [0.5, 0.6) is 5.75 Å². The summed E-state index contributed by atoms with van der Waals surface area (Å²) in [6, 6.07) is 2.48. The summed E-state index contributed by atoms with van der Waals surface area (Å²) in [4.78, 5) is 0. The number of rotatable bonds is 5. The number of ether oxygens (including phenoxy) is 1. The van der Waals surface area contributed by atoms with Crippen LogP contribution < -0.4 is 4.74 Å². The van der Waals surface area contributed by atoms with Crippen molar-refractivity contribution in [1.29, 1.82) is 0 Å². The minimum atomic E-state index is -4.86. The van der Waals surface area contributed by atoms with E-state index < -0.39 is 17.9 Å². The first kappa shape index (κ1) is 19.2. The Bertz CT molecular complexity index is 630. The van der Waals surface area contributed by atoms with Crippen molar-refractivity contribution in [2.24, 2.45) is 17.8 Å². The number of hydrogen-bond acceptors (Lipinski definition) is 1. The van der Waals surface area contributed by atoms with Gasteiger partial charge in [0.05, 0.1) is 0 Å². The Morgan fingerprint density at radius 3 is 2.42 bits per heavy atom. The van der Waals surface area contributed by atoms with Gasteiger partial charge >= 0.3 is 6.36 Å². The average Bonchev–Trinajstić information content (AvgIpc) is 2.59. The van der Waals surface area contributed by atoms with Crippen molar-refractivity contribution in [3.05, 3.63) is 41.7 Å². The molecule has 0 aromatic heterocycles. The second-order valence-corrected chi connectivity index (χ2v) is 7.75. The van der Waals surface area contributed by atoms with Crippen LogP contribution in [0.3, 0.4) is 0 Å². The molecule has 2 aliphatic rings. The topological polar surface area (TPSA) is 9.23 Å². The molecule has 0 bridgehead atoms. The number of allylic oxidation sites excluding steroid dienone is 1. The van der Waals surface area contributed by atoms with Crippen LogP contribution >= 0.6 is 0 Å². The van der Waals surface area contributed by atoms with Gasteiger partial charge in [0.1, 0.15) is 0 Å². The zero-order chi connectivity index (χ0) is 18.7. The average molecular weight is 370 g/mol. The van der Waals surface area contributed by atoms with E-state index >= 15 is 0 Å². The van der Waals surface area contributed by atoms with Gasteiger partial charge in [-0.25, -0.2) is 4.39 Å². The molecule has 1 atom stereocenters. The van der Waals surface area contributed by atoms with E-state index in [1.54, 1.807) is 0 Å². The molecule has 0 heterocycles. The highest BCUT2D eigenvalue weighted by molar-refractivity contribution is 5.39. The van der Waals surface area contributed by atoms with Gasteiger partial charge in [0, 0.05) is 0 Å². The van der Waals surface area contributed by atoms with Crippen LogP contribution in [0.1, 0.15) is 56.1 Å². The lowest BCUT2D eigenvalue weighted by atomic mass is 9.69. The molecule has 0 saturated heterocycles. The second-order valence-electron chi connectivity index (χ2n) is 7.75. The van der Waals surface area contributed by atoms with Gasteiger partial charge in [-0.05, 0) is 86.0 Å². The molecule has 1 nitrogen and oxygen atoms in total. The van der Waals surface area contributed by atoms with Crippen LogP contribution in [0.4, 0.5) is 17.6 Å². The second kappa shape index (κ2) is 8.01. The Balaban J connectivity index is 1.61. The molecule has 1 aromatic rings. The first-order valence-corrected chi connectivity index (χ1v) is 9.53. The minimum Gasteiger partial charge on any atom is -0.403 e. The third-order valence-corrected chi connectivity index (χ3v) is 6.08. The van der Waals surface area contributed by atoms with Gasteiger partial charge in [0.25, 0.3) is 0 Å². The van der Waals surface area contributed by atoms with Crippen LogP contribution in [0.25, 0.3) is 0 Å². The fraction of sp³-hybridized carbons (Fsp3) is 0.619. The molecular weight excluding hydrogens is 344 g/mol. The molecule has 1 saturated carbocycles. The molecule has 1 unspecified atom stereocenters. The monoisotopic (exact) mass is 370 g/mol. The summed E-state index contributed by atoms with van der Waals surface area (Å²) in [6.07, 6.45) is 6.75. The molecule has 1 aromatic carbocycles. The predicted molar refractivity (Wildman–Crippen MR) is 93.5 cm³/mol. The van der Waals surface area contributed by atoms with Crippen molar-refractivity contribution in [3.63, 3.8) is 0 Å². The standard InChI is InChI=1S/C21H26F4O/c1-2-3-4-14-5-7-15(8-6-14)16-9-10-17-13-20(26-21(23,24)25)19(22)12-18(17)11-16/h2,12-16H,1,3-11H2. The van der Waals surface area contributed by atoms with E-state index in [0.29, 0.717) is 18.3 Å². The molecule has 3 rings (SSSR count). The van der Waals surface area contributed by atoms with Crippen molar-refractivity contribution in [2.45, 2.75) is 64.1 Å². The first-order chi connectivity index (χ1) is 12.4. The molecule has 0 radical (unpaired) electrons. The molecule has 0 N–H and O–H groups in total. The molecule has 5 heteroatoms. The quantitative estimate of drug-likeness (QED) is 0.419. The number of halogens is 4. The van der Waals surface area contributed by atoms with Crippen LogP contribution in [0, 0.1) is 23.6 Å². The highest BCUT2D eigenvalue weighted by Gasteiger charge is 2.34. The minimum absolute atomic E-state index is 0.511. The van der Waals surface area contributed by atoms with Crippen molar-refractivity contribution in [2.75, 3.05) is 0 Å². The molecule has 1 fully saturated rings. The van der Waals surface area contributed by atoms with Gasteiger partial charge in [-0.3, -0.25) is 0 Å². The summed E-state index contributed by atoms with van der Waals surface area (Å²) in [5.74, 6) is 0.320. The zero-order valence-electron chi connectivity index (χ0n) is 15.0. The van der Waals surface area contributed by atoms with Crippen molar-refractivity contribution < 1.29 is 22.3 Å². The van der Waals surface area contributed by atoms with Crippen molar-refractivity contribution >= 4 is 0 Å². The third kappa shape index (κ3) is 4.80. The largest absolute Gasteiger partial charge is 0.573 e. The number of benzene rings is 1. The summed E-state index contributed by atoms with van der Waals surface area (Å²) < 4.78 is 54.9. The molecule has 0 amide bonds. The van der Waals surface area contributed by atoms with Gasteiger partial charge in [-0.15, -0.1) is 19.8 Å². The lowest BCUT2D eigenvalue weighted by molar-refractivity contribution is -0.275. The van der Waals surface area contributed by atoms with Crippen LogP contribution in [-0.4, -0.2) is 6.36 Å². The highest BCUT2D eigenvalue weighted by Crippen LogP contribution is 2.41. The fourth-order valence-corrected chi connectivity index (χ4v) is 4.69. The third-order valence-electron chi connectivity index (χ3n) is 6.08. The van der Waals surface area contributed by atoms with Gasteiger partial charge in [-0.1, -0.05) is 18.9 Å². The van der Waals surface area contributed by atoms with Crippen molar-refractivity contribution in [3.8, 4) is 5.75 Å². The number of aryl methyl sites for hydroxylation is 1. The van der Waals surface area contributed by atoms with Gasteiger partial charge in [0.2, 0.25) is 0 Å². The molecule has 2 aliphatic carbocycles. The Labute approximate surface area is 152 Å². The Kier molecular flexibility index (Phi) is 5.93. The lowest BCUT2D eigenvalue weighted by Crippen LogP contribution is -2.27. The lowest BCUT2D eigenvalue weighted by Gasteiger charge is -2.36. The van der Waals surface area contributed by atoms with Crippen LogP contribution in [-0.2, 0) is 12.8 Å².